The Labute approximate surface area is 176 Å². The number of hydrogen-bond donors (Lipinski definition) is 1. The molecule has 2 heterocycles. The second kappa shape index (κ2) is 8.84. The molecule has 1 atom stereocenters. The molecule has 0 bridgehead atoms. The molecule has 162 valence electrons. The second-order valence-electron chi connectivity index (χ2n) is 7.26. The molecule has 0 aliphatic carbocycles. The van der Waals surface area contributed by atoms with E-state index in [1.165, 1.54) is 28.5 Å². The largest absolute Gasteiger partial charge is 0.446 e. The highest BCUT2D eigenvalue weighted by Crippen LogP contribution is 2.20. The summed E-state index contributed by atoms with van der Waals surface area (Å²) in [7, 11) is 0. The summed E-state index contributed by atoms with van der Waals surface area (Å²) in [6.07, 6.45) is 0.532. The number of piperazine rings is 1. The molecule has 1 fully saturated rings. The van der Waals surface area contributed by atoms with Crippen molar-refractivity contribution in [2.45, 2.75) is 19.1 Å². The van der Waals surface area contributed by atoms with Gasteiger partial charge in [-0.3, -0.25) is 4.57 Å². The Morgan fingerprint density at radius 3 is 2.53 bits per heavy atom. The van der Waals surface area contributed by atoms with Crippen LogP contribution in [0.15, 0.2) is 30.5 Å². The SMILES string of the molecule is CC(O)(COC(=O)N1CCN(c2ccc(F)cc2)CC1)Cn1cc([N+](=O)[O-])nc1Cl. The molecule has 0 radical (unpaired) electrons. The Kier molecular flexibility index (Phi) is 6.42. The number of hydrogen-bond acceptors (Lipinski definition) is 7. The average molecular weight is 442 g/mol. The van der Waals surface area contributed by atoms with Crippen molar-refractivity contribution in [3.63, 3.8) is 0 Å². The number of carbonyl (C=O) groups excluding carboxylic acids is 1. The molecule has 2 aromatic rings. The first-order valence-electron chi connectivity index (χ1n) is 9.16. The van der Waals surface area contributed by atoms with E-state index in [-0.39, 0.29) is 24.3 Å². The zero-order valence-corrected chi connectivity index (χ0v) is 17.0. The monoisotopic (exact) mass is 441 g/mol. The van der Waals surface area contributed by atoms with Gasteiger partial charge in [0.1, 0.15) is 24.2 Å². The van der Waals surface area contributed by atoms with Gasteiger partial charge in [-0.05, 0) is 52.7 Å². The summed E-state index contributed by atoms with van der Waals surface area (Å²) in [5.41, 5.74) is -0.636. The molecule has 0 spiro atoms. The molecule has 10 nitrogen and oxygen atoms in total. The van der Waals surface area contributed by atoms with Crippen LogP contribution in [-0.2, 0) is 11.3 Å². The minimum Gasteiger partial charge on any atom is -0.446 e. The van der Waals surface area contributed by atoms with E-state index in [2.05, 4.69) is 4.98 Å². The highest BCUT2D eigenvalue weighted by molar-refractivity contribution is 6.28. The van der Waals surface area contributed by atoms with E-state index >= 15 is 0 Å². The molecule has 1 saturated heterocycles. The lowest BCUT2D eigenvalue weighted by atomic mass is 10.1. The van der Waals surface area contributed by atoms with Crippen LogP contribution in [0, 0.1) is 15.9 Å². The third-order valence-corrected chi connectivity index (χ3v) is 4.95. The number of aromatic nitrogens is 2. The lowest BCUT2D eigenvalue weighted by Gasteiger charge is -2.36. The smallest absolute Gasteiger partial charge is 0.409 e. The first-order chi connectivity index (χ1) is 14.1. The van der Waals surface area contributed by atoms with Crippen LogP contribution in [0.3, 0.4) is 0 Å². The number of benzene rings is 1. The lowest BCUT2D eigenvalue weighted by Crippen LogP contribution is -2.50. The van der Waals surface area contributed by atoms with Gasteiger partial charge in [0.2, 0.25) is 0 Å². The van der Waals surface area contributed by atoms with Crippen LogP contribution in [0.2, 0.25) is 5.28 Å². The predicted octanol–water partition coefficient (Wildman–Crippen LogP) is 2.29. The number of halogens is 2. The first-order valence-corrected chi connectivity index (χ1v) is 9.54. The molecule has 12 heteroatoms. The summed E-state index contributed by atoms with van der Waals surface area (Å²) in [5.74, 6) is -0.744. The summed E-state index contributed by atoms with van der Waals surface area (Å²) in [5, 5.41) is 21.1. The molecule has 1 aromatic heterocycles. The predicted molar refractivity (Wildman–Crippen MR) is 106 cm³/mol. The van der Waals surface area contributed by atoms with E-state index in [9.17, 15) is 24.4 Å². The van der Waals surface area contributed by atoms with Crippen molar-refractivity contribution in [3.8, 4) is 0 Å². The van der Waals surface area contributed by atoms with Gasteiger partial charge in [0, 0.05) is 31.9 Å². The van der Waals surface area contributed by atoms with Crippen molar-refractivity contribution < 1.29 is 24.0 Å². The standard InChI is InChI=1S/C18H21ClFN5O5/c1-18(27,11-24-10-15(25(28)29)21-16(24)19)12-30-17(26)23-8-6-22(7-9-23)14-4-2-13(20)3-5-14/h2-5,10,27H,6-9,11-12H2,1H3. The molecule has 1 aliphatic heterocycles. The van der Waals surface area contributed by atoms with Gasteiger partial charge in [-0.2, -0.15) is 0 Å². The van der Waals surface area contributed by atoms with Crippen LogP contribution in [-0.4, -0.2) is 69.0 Å². The van der Waals surface area contributed by atoms with Crippen LogP contribution in [0.1, 0.15) is 6.92 Å². The summed E-state index contributed by atoms with van der Waals surface area (Å²) >= 11 is 5.85. The molecular weight excluding hydrogens is 421 g/mol. The second-order valence-corrected chi connectivity index (χ2v) is 7.59. The molecule has 1 unspecified atom stereocenters. The Balaban J connectivity index is 1.49. The fourth-order valence-electron chi connectivity index (χ4n) is 3.10. The Bertz CT molecular complexity index is 912. The zero-order valence-electron chi connectivity index (χ0n) is 16.2. The van der Waals surface area contributed by atoms with Gasteiger partial charge in [0.05, 0.1) is 6.54 Å². The van der Waals surface area contributed by atoms with Gasteiger partial charge in [0.15, 0.2) is 0 Å². The van der Waals surface area contributed by atoms with E-state index in [4.69, 9.17) is 16.3 Å². The molecule has 30 heavy (non-hydrogen) atoms. The third kappa shape index (κ3) is 5.36. The Morgan fingerprint density at radius 2 is 1.97 bits per heavy atom. The van der Waals surface area contributed by atoms with Crippen LogP contribution >= 0.6 is 11.6 Å². The summed E-state index contributed by atoms with van der Waals surface area (Å²) < 4.78 is 19.5. The van der Waals surface area contributed by atoms with Gasteiger partial charge < -0.3 is 29.8 Å². The minimum atomic E-state index is -1.51. The maximum Gasteiger partial charge on any atom is 0.409 e. The van der Waals surface area contributed by atoms with Crippen LogP contribution in [0.4, 0.5) is 20.7 Å². The summed E-state index contributed by atoms with van der Waals surface area (Å²) in [4.78, 5) is 29.5. The van der Waals surface area contributed by atoms with Gasteiger partial charge in [0.25, 0.3) is 0 Å². The van der Waals surface area contributed by atoms with Crippen molar-refractivity contribution in [1.29, 1.82) is 0 Å². The number of ether oxygens (including phenoxy) is 1. The van der Waals surface area contributed by atoms with E-state index in [1.807, 2.05) is 4.90 Å². The van der Waals surface area contributed by atoms with Crippen molar-refractivity contribution in [1.82, 2.24) is 14.5 Å². The van der Waals surface area contributed by atoms with E-state index < -0.39 is 22.4 Å². The van der Waals surface area contributed by atoms with E-state index in [1.54, 1.807) is 12.1 Å². The molecule has 0 saturated carbocycles. The maximum absolute atomic E-state index is 13.0. The molecule has 1 amide bonds. The lowest BCUT2D eigenvalue weighted by molar-refractivity contribution is -0.389. The maximum atomic E-state index is 13.0. The van der Waals surface area contributed by atoms with Gasteiger partial charge >= 0.3 is 17.2 Å². The molecular formula is C18H21ClFN5O5. The minimum absolute atomic E-state index is 0.141. The van der Waals surface area contributed by atoms with E-state index in [0.717, 1.165) is 11.9 Å². The summed E-state index contributed by atoms with van der Waals surface area (Å²) in [6, 6.07) is 6.15. The average Bonchev–Trinajstić information content (AvgIpc) is 3.07. The molecule has 1 aromatic carbocycles. The quantitative estimate of drug-likeness (QED) is 0.540. The number of amides is 1. The normalized spacial score (nSPS) is 16.3. The number of aliphatic hydroxyl groups is 1. The number of nitrogens with zero attached hydrogens (tertiary/aromatic N) is 5. The van der Waals surface area contributed by atoms with Crippen molar-refractivity contribution >= 4 is 29.2 Å². The fraction of sp³-hybridized carbons (Fsp3) is 0.444. The number of nitro groups is 1. The Hall–Kier alpha value is -2.92. The highest BCUT2D eigenvalue weighted by Gasteiger charge is 2.29. The molecule has 1 N–H and O–H groups in total. The first kappa shape index (κ1) is 21.8. The van der Waals surface area contributed by atoms with Gasteiger partial charge in [-0.1, -0.05) is 0 Å². The number of anilines is 1. The van der Waals surface area contributed by atoms with Crippen molar-refractivity contribution in [2.24, 2.45) is 0 Å². The van der Waals surface area contributed by atoms with Crippen LogP contribution < -0.4 is 4.90 Å². The van der Waals surface area contributed by atoms with Gasteiger partial charge in [-0.25, -0.2) is 9.18 Å². The topological polar surface area (TPSA) is 114 Å². The number of carbonyl (C=O) groups is 1. The van der Waals surface area contributed by atoms with Crippen molar-refractivity contribution in [3.05, 3.63) is 51.7 Å². The number of rotatable bonds is 6. The third-order valence-electron chi connectivity index (χ3n) is 4.65. The van der Waals surface area contributed by atoms with Gasteiger partial charge in [-0.15, -0.1) is 0 Å². The summed E-state index contributed by atoms with van der Waals surface area (Å²) in [6.45, 7) is 2.91. The van der Waals surface area contributed by atoms with Crippen LogP contribution in [0.5, 0.6) is 0 Å². The number of imidazole rings is 1. The molecule has 3 rings (SSSR count). The van der Waals surface area contributed by atoms with Crippen LogP contribution in [0.25, 0.3) is 0 Å². The van der Waals surface area contributed by atoms with E-state index in [0.29, 0.717) is 26.2 Å². The fourth-order valence-corrected chi connectivity index (χ4v) is 3.29. The Morgan fingerprint density at radius 1 is 1.33 bits per heavy atom. The zero-order chi connectivity index (χ0) is 21.9. The highest BCUT2D eigenvalue weighted by atomic mass is 35.5. The molecule has 1 aliphatic rings. The van der Waals surface area contributed by atoms with Crippen molar-refractivity contribution in [2.75, 3.05) is 37.7 Å².